The van der Waals surface area contributed by atoms with E-state index in [1.54, 1.807) is 65.8 Å². The number of nitrogens with zero attached hydrogens (tertiary/aromatic N) is 7. The van der Waals surface area contributed by atoms with Crippen molar-refractivity contribution in [1.82, 2.24) is 59.4 Å². The van der Waals surface area contributed by atoms with Gasteiger partial charge in [-0.05, 0) is 79.3 Å². The lowest BCUT2D eigenvalue weighted by molar-refractivity contribution is -0.140. The number of anilines is 1. The quantitative estimate of drug-likeness (QED) is 0.0186. The number of methoxy groups -OCH3 is 1. The first kappa shape index (κ1) is 72.7. The van der Waals surface area contributed by atoms with Crippen molar-refractivity contribution in [1.29, 1.82) is 0 Å². The van der Waals surface area contributed by atoms with Gasteiger partial charge >= 0.3 is 17.9 Å². The Bertz CT molecular complexity index is 3180. The van der Waals surface area contributed by atoms with E-state index in [0.717, 1.165) is 18.4 Å². The monoisotopic (exact) mass is 1290 g/mol. The molecule has 3 heterocycles. The number of H-pyrrole nitrogens is 1. The van der Waals surface area contributed by atoms with Gasteiger partial charge in [0.05, 0.1) is 54.4 Å². The molecule has 1 aliphatic rings. The van der Waals surface area contributed by atoms with Crippen molar-refractivity contribution < 1.29 is 80.6 Å². The van der Waals surface area contributed by atoms with Gasteiger partial charge in [0.2, 0.25) is 26.0 Å². The molecule has 1 unspecified atom stereocenters. The summed E-state index contributed by atoms with van der Waals surface area (Å²) in [6.45, 7) is 9.05. The largest absolute Gasteiger partial charge is 0.480 e. The topological polar surface area (TPSA) is 402 Å². The Kier molecular flexibility index (Phi) is 31.4. The number of hydrogen-bond acceptors (Lipinski definition) is 21. The number of aliphatic carboxylic acids is 3. The molecule has 0 radical (unpaired) electrons. The number of aryl methyl sites for hydroxylation is 1. The fourth-order valence-electron chi connectivity index (χ4n) is 9.07. The van der Waals surface area contributed by atoms with Crippen LogP contribution in [0, 0.1) is 0 Å². The molecule has 1 aliphatic heterocycles. The first-order valence-corrected chi connectivity index (χ1v) is 32.2. The number of aromatic amines is 1. The highest BCUT2D eigenvalue weighted by molar-refractivity contribution is 7.89. The minimum atomic E-state index is -4.32. The summed E-state index contributed by atoms with van der Waals surface area (Å²) >= 11 is 0. The van der Waals surface area contributed by atoms with Crippen molar-refractivity contribution in [2.75, 3.05) is 150 Å². The second-order valence-electron chi connectivity index (χ2n) is 20.7. The maximum absolute atomic E-state index is 13.2. The van der Waals surface area contributed by atoms with Crippen LogP contribution in [0.15, 0.2) is 95.1 Å². The first-order chi connectivity index (χ1) is 42.7. The second-order valence-corrected chi connectivity index (χ2v) is 24.2. The van der Waals surface area contributed by atoms with Crippen LogP contribution >= 0.6 is 0 Å². The van der Waals surface area contributed by atoms with Gasteiger partial charge in [0.25, 0.3) is 5.91 Å². The van der Waals surface area contributed by atoms with Crippen LogP contribution in [0.25, 0.3) is 22.0 Å². The Morgan fingerprint density at radius 3 is 1.79 bits per heavy atom. The molecule has 492 valence electrons. The fraction of sp³-hybridized carbons (Fsp3) is 0.526. The molecule has 1 fully saturated rings. The molecule has 6 rings (SSSR count). The van der Waals surface area contributed by atoms with Crippen molar-refractivity contribution in [3.63, 3.8) is 0 Å². The lowest BCUT2D eigenvalue weighted by Gasteiger charge is -2.33. The van der Waals surface area contributed by atoms with Crippen LogP contribution < -0.4 is 25.4 Å². The number of aliphatic hydroxyl groups excluding tert-OH is 1. The van der Waals surface area contributed by atoms with E-state index in [4.69, 9.17) is 14.2 Å². The van der Waals surface area contributed by atoms with Crippen LogP contribution in [0.2, 0.25) is 0 Å². The maximum atomic E-state index is 13.2. The van der Waals surface area contributed by atoms with Crippen molar-refractivity contribution >= 4 is 66.6 Å². The number of aliphatic hydroxyl groups is 2. The van der Waals surface area contributed by atoms with Gasteiger partial charge in [0.15, 0.2) is 12.2 Å². The average Bonchev–Trinajstić information content (AvgIpc) is 2.01. The fourth-order valence-corrected chi connectivity index (χ4v) is 11.3. The number of nitrogens with one attached hydrogen (secondary N) is 6. The number of aromatic nitrogens is 4. The van der Waals surface area contributed by atoms with E-state index < -0.39 is 62.7 Å². The van der Waals surface area contributed by atoms with E-state index in [0.29, 0.717) is 140 Å². The summed E-state index contributed by atoms with van der Waals surface area (Å²) in [5.41, 5.74) is 2.31. The van der Waals surface area contributed by atoms with Crippen LogP contribution in [0.3, 0.4) is 0 Å². The molecule has 3 aromatic carbocycles. The van der Waals surface area contributed by atoms with E-state index in [9.17, 15) is 66.3 Å². The molecule has 89 heavy (non-hydrogen) atoms. The number of fused-ring (bicyclic) bond motifs is 1. The van der Waals surface area contributed by atoms with E-state index in [-0.39, 0.29) is 54.0 Å². The molecule has 2 aromatic heterocycles. The number of carboxylic acids is 3. The van der Waals surface area contributed by atoms with Crippen LogP contribution in [0.5, 0.6) is 0 Å². The summed E-state index contributed by atoms with van der Waals surface area (Å²) in [6, 6.07) is 15.1. The number of amides is 2. The van der Waals surface area contributed by atoms with E-state index >= 15 is 0 Å². The van der Waals surface area contributed by atoms with E-state index in [1.807, 2.05) is 21.4 Å². The van der Waals surface area contributed by atoms with E-state index in [1.165, 1.54) is 36.4 Å². The van der Waals surface area contributed by atoms with Crippen molar-refractivity contribution in [2.45, 2.75) is 61.3 Å². The Balaban J connectivity index is 0.000000373. The number of imidazole rings is 1. The summed E-state index contributed by atoms with van der Waals surface area (Å²) in [5, 5.41) is 60.7. The molecule has 1 atom stereocenters. The summed E-state index contributed by atoms with van der Waals surface area (Å²) in [4.78, 5) is 74.0. The van der Waals surface area contributed by atoms with Gasteiger partial charge in [-0.3, -0.25) is 48.3 Å². The maximum Gasteiger partial charge on any atom is 0.323 e. The molecular formula is C57H85N13O17S2. The molecule has 5 aromatic rings. The second kappa shape index (κ2) is 38.5. The number of carboxylic acid groups (broad SMARTS) is 3. The number of carbonyl (C=O) groups excluding carboxylic acids is 2. The SMILES string of the molecule is CCCOCCOCCCNS(=O)(=O)c1ccc(-c2ccc(S(=O)(=O)NC(CNC(=O)c3ccc4c(cnn4CCCNc4ncc[nH]4)c3)C(=O)O)cc2)cc1.COCCCNC(=O)CN1CCN(CC(=O)O)CCN(CC(=O)O)CCN(CC(O)O)CC1. The molecule has 0 spiro atoms. The van der Waals surface area contributed by atoms with Crippen molar-refractivity contribution in [3.05, 3.63) is 90.9 Å². The minimum absolute atomic E-state index is 0.00308. The summed E-state index contributed by atoms with van der Waals surface area (Å²) in [6.07, 6.45) is 6.39. The molecule has 2 amide bonds. The summed E-state index contributed by atoms with van der Waals surface area (Å²) < 4.78 is 74.1. The lowest BCUT2D eigenvalue weighted by atomic mass is 10.1. The highest BCUT2D eigenvalue weighted by atomic mass is 32.2. The Hall–Kier alpha value is -7.05. The molecule has 32 heteroatoms. The highest BCUT2D eigenvalue weighted by Gasteiger charge is 2.27. The molecule has 30 nitrogen and oxygen atoms in total. The number of rotatable bonds is 36. The zero-order valence-electron chi connectivity index (χ0n) is 50.2. The van der Waals surface area contributed by atoms with Crippen LogP contribution in [-0.4, -0.2) is 269 Å². The summed E-state index contributed by atoms with van der Waals surface area (Å²) in [7, 11) is -6.47. The Morgan fingerprint density at radius 2 is 1.24 bits per heavy atom. The highest BCUT2D eigenvalue weighted by Crippen LogP contribution is 2.24. The predicted octanol–water partition coefficient (Wildman–Crippen LogP) is 0.0423. The van der Waals surface area contributed by atoms with Gasteiger partial charge in [-0.15, -0.1) is 0 Å². The predicted molar refractivity (Wildman–Crippen MR) is 328 cm³/mol. The number of ether oxygens (including phenoxy) is 3. The third kappa shape index (κ3) is 26.9. The number of carbonyl (C=O) groups is 5. The zero-order chi connectivity index (χ0) is 64.6. The standard InChI is InChI=1S/C37H46N8O9S2.C20H39N5O8/c1-2-20-53-22-23-54-21-4-16-43-55(49,50)31-10-5-27(6-11-31)28-7-12-32(13-8-28)56(51,52)44-33(36(47)48)26-41-35(46)29-9-14-34-30(24-29)25-42-45(34)19-3-15-38-37-39-17-18-40-37;1-33-12-2-3-21-17(26)13-22-4-6-23(14-18(27)28)8-10-25(16-20(31)32)11-9-24(7-5-22)15-19(29)30/h5-14,17-18,24-25,33,43-44H,2-4,15-16,19-23,26H2,1H3,(H,41,46)(H,47,48)(H2,38,39,40);18,27-28H,2-16H2,1H3,(H,21,26)(H,29,30)(H,31,32). The number of hydrogen-bond donors (Lipinski definition) is 11. The van der Waals surface area contributed by atoms with Crippen molar-refractivity contribution in [2.24, 2.45) is 0 Å². The zero-order valence-corrected chi connectivity index (χ0v) is 51.8. The number of β-amino-alcohol motifs (C(OH)–C–C–N with tert-alkyl or cyclic N) is 2. The van der Waals surface area contributed by atoms with Crippen LogP contribution in [-0.2, 0) is 60.0 Å². The third-order valence-corrected chi connectivity index (χ3v) is 16.7. The molecular weight excluding hydrogens is 1200 g/mol. The normalized spacial score (nSPS) is 14.7. The van der Waals surface area contributed by atoms with Gasteiger partial charge in [0, 0.05) is 142 Å². The number of sulfonamides is 2. The lowest BCUT2D eigenvalue weighted by Crippen LogP contribution is -2.50. The molecule has 11 N–H and O–H groups in total. The van der Waals surface area contributed by atoms with Crippen LogP contribution in [0.1, 0.15) is 43.0 Å². The van der Waals surface area contributed by atoms with Gasteiger partial charge in [-0.2, -0.15) is 9.82 Å². The van der Waals surface area contributed by atoms with E-state index in [2.05, 4.69) is 40.5 Å². The third-order valence-electron chi connectivity index (χ3n) is 13.7. The smallest absolute Gasteiger partial charge is 0.323 e. The van der Waals surface area contributed by atoms with Crippen LogP contribution in [0.4, 0.5) is 5.95 Å². The van der Waals surface area contributed by atoms with Gasteiger partial charge < -0.3 is 60.7 Å². The molecule has 0 aliphatic carbocycles. The Labute approximate surface area is 518 Å². The summed E-state index contributed by atoms with van der Waals surface area (Å²) in [5.74, 6) is -3.48. The van der Waals surface area contributed by atoms with Crippen molar-refractivity contribution in [3.8, 4) is 11.1 Å². The minimum Gasteiger partial charge on any atom is -0.480 e. The van der Waals surface area contributed by atoms with Gasteiger partial charge in [-0.25, -0.2) is 26.5 Å². The first-order valence-electron chi connectivity index (χ1n) is 29.2. The number of benzene rings is 3. The molecule has 0 bridgehead atoms. The Morgan fingerprint density at radius 1 is 0.663 bits per heavy atom. The molecule has 1 saturated heterocycles. The average molecular weight is 1290 g/mol. The molecule has 0 saturated carbocycles. The van der Waals surface area contributed by atoms with Gasteiger partial charge in [-0.1, -0.05) is 31.2 Å². The van der Waals surface area contributed by atoms with Gasteiger partial charge in [0.1, 0.15) is 6.04 Å².